The second-order valence-corrected chi connectivity index (χ2v) is 8.62. The number of aryl methyl sites for hydroxylation is 1. The van der Waals surface area contributed by atoms with Crippen molar-refractivity contribution < 1.29 is 0 Å². The third kappa shape index (κ3) is 7.72. The van der Waals surface area contributed by atoms with Gasteiger partial charge >= 0.3 is 0 Å². The Morgan fingerprint density at radius 2 is 1.86 bits per heavy atom. The fraction of sp³-hybridized carbons (Fsp3) is 0.667. The zero-order chi connectivity index (χ0) is 19.8. The van der Waals surface area contributed by atoms with Crippen molar-refractivity contribution >= 4 is 41.7 Å². The summed E-state index contributed by atoms with van der Waals surface area (Å²) < 4.78 is 0. The first kappa shape index (κ1) is 25.5. The fourth-order valence-electron chi connectivity index (χ4n) is 3.54. The number of rotatable bonds is 7. The van der Waals surface area contributed by atoms with Gasteiger partial charge in [0.15, 0.2) is 5.96 Å². The molecule has 1 fully saturated rings. The van der Waals surface area contributed by atoms with Crippen molar-refractivity contribution in [2.75, 3.05) is 53.1 Å². The monoisotopic (exact) mass is 519 g/mol. The minimum absolute atomic E-state index is 0. The lowest BCUT2D eigenvalue weighted by Gasteiger charge is -2.40. The molecule has 0 aromatic heterocycles. The summed E-state index contributed by atoms with van der Waals surface area (Å²) in [6.45, 7) is 13.1. The Morgan fingerprint density at radius 3 is 2.43 bits per heavy atom. The van der Waals surface area contributed by atoms with Crippen LogP contribution in [0, 0.1) is 12.8 Å². The number of hydrogen-bond donors (Lipinski definition) is 2. The van der Waals surface area contributed by atoms with Gasteiger partial charge in [0.1, 0.15) is 0 Å². The first-order valence-electron chi connectivity index (χ1n) is 9.95. The highest BCUT2D eigenvalue weighted by Crippen LogP contribution is 2.21. The van der Waals surface area contributed by atoms with E-state index in [1.54, 1.807) is 11.8 Å². The standard InChI is InChI=1S/C21H37N5S.HI/c1-16(2)19(26-11-9-25(5)10-12-26)15-24-21(22-4)23-14-18-8-7-17(3)13-20(18)27-6;/h7-8,13,16,19H,9-12,14-15H2,1-6H3,(H2,22,23,24);1H. The van der Waals surface area contributed by atoms with Crippen LogP contribution in [0.4, 0.5) is 0 Å². The largest absolute Gasteiger partial charge is 0.355 e. The molecular formula is C21H38IN5S. The van der Waals surface area contributed by atoms with Crippen molar-refractivity contribution in [2.24, 2.45) is 10.9 Å². The van der Waals surface area contributed by atoms with Crippen molar-refractivity contribution in [1.82, 2.24) is 20.4 Å². The number of likely N-dealkylation sites (N-methyl/N-ethyl adjacent to an activating group) is 1. The molecule has 1 heterocycles. The minimum atomic E-state index is 0. The molecule has 1 aliphatic heterocycles. The Labute approximate surface area is 193 Å². The predicted octanol–water partition coefficient (Wildman–Crippen LogP) is 3.27. The Morgan fingerprint density at radius 1 is 1.18 bits per heavy atom. The van der Waals surface area contributed by atoms with Gasteiger partial charge in [0, 0.05) is 57.3 Å². The number of aliphatic imine (C=N–C) groups is 1. The topological polar surface area (TPSA) is 42.9 Å². The number of nitrogens with zero attached hydrogens (tertiary/aromatic N) is 3. The number of benzene rings is 1. The molecule has 160 valence electrons. The van der Waals surface area contributed by atoms with Gasteiger partial charge in [-0.2, -0.15) is 0 Å². The molecule has 5 nitrogen and oxygen atoms in total. The van der Waals surface area contributed by atoms with Crippen LogP contribution in [-0.2, 0) is 6.54 Å². The first-order valence-corrected chi connectivity index (χ1v) is 11.2. The first-order chi connectivity index (χ1) is 12.9. The van der Waals surface area contributed by atoms with Gasteiger partial charge in [-0.1, -0.05) is 26.0 Å². The van der Waals surface area contributed by atoms with Gasteiger partial charge in [-0.05, 0) is 43.3 Å². The maximum absolute atomic E-state index is 4.43. The lowest BCUT2D eigenvalue weighted by atomic mass is 10.0. The zero-order valence-corrected chi connectivity index (χ0v) is 21.4. The summed E-state index contributed by atoms with van der Waals surface area (Å²) in [4.78, 5) is 10.8. The Kier molecular flexibility index (Phi) is 11.8. The molecule has 28 heavy (non-hydrogen) atoms. The molecule has 1 aromatic rings. The maximum atomic E-state index is 4.43. The molecule has 0 saturated carbocycles. The van der Waals surface area contributed by atoms with Gasteiger partial charge in [-0.15, -0.1) is 35.7 Å². The highest BCUT2D eigenvalue weighted by molar-refractivity contribution is 14.0. The normalized spacial score (nSPS) is 17.3. The number of piperazine rings is 1. The quantitative estimate of drug-likeness (QED) is 0.251. The average Bonchev–Trinajstić information content (AvgIpc) is 2.66. The summed E-state index contributed by atoms with van der Waals surface area (Å²) in [5.74, 6) is 1.49. The fourth-order valence-corrected chi connectivity index (χ4v) is 4.24. The molecule has 0 bridgehead atoms. The Balaban J connectivity index is 0.00000392. The molecule has 1 aromatic carbocycles. The highest BCUT2D eigenvalue weighted by atomic mass is 127. The van der Waals surface area contributed by atoms with Crippen molar-refractivity contribution in [2.45, 2.75) is 38.3 Å². The maximum Gasteiger partial charge on any atom is 0.191 e. The van der Waals surface area contributed by atoms with Crippen molar-refractivity contribution in [3.05, 3.63) is 29.3 Å². The van der Waals surface area contributed by atoms with E-state index in [9.17, 15) is 0 Å². The van der Waals surface area contributed by atoms with E-state index in [1.807, 2.05) is 7.05 Å². The van der Waals surface area contributed by atoms with Gasteiger partial charge < -0.3 is 15.5 Å². The molecule has 0 amide bonds. The number of guanidine groups is 1. The van der Waals surface area contributed by atoms with Gasteiger partial charge in [0.25, 0.3) is 0 Å². The van der Waals surface area contributed by atoms with Crippen molar-refractivity contribution in [1.29, 1.82) is 0 Å². The number of halogens is 1. The lowest BCUT2D eigenvalue weighted by Crippen LogP contribution is -2.55. The summed E-state index contributed by atoms with van der Waals surface area (Å²) in [5, 5.41) is 7.04. The van der Waals surface area contributed by atoms with Crippen LogP contribution in [0.15, 0.2) is 28.1 Å². The van der Waals surface area contributed by atoms with E-state index in [2.05, 4.69) is 77.7 Å². The second-order valence-electron chi connectivity index (χ2n) is 7.77. The smallest absolute Gasteiger partial charge is 0.191 e. The molecule has 1 saturated heterocycles. The lowest BCUT2D eigenvalue weighted by molar-refractivity contribution is 0.0900. The van der Waals surface area contributed by atoms with E-state index in [1.165, 1.54) is 16.0 Å². The second kappa shape index (κ2) is 12.9. The van der Waals surface area contributed by atoms with Crippen LogP contribution in [0.5, 0.6) is 0 Å². The van der Waals surface area contributed by atoms with Crippen molar-refractivity contribution in [3.8, 4) is 0 Å². The molecule has 0 spiro atoms. The number of nitrogens with one attached hydrogen (secondary N) is 2. The molecule has 7 heteroatoms. The van der Waals surface area contributed by atoms with E-state index < -0.39 is 0 Å². The number of thioether (sulfide) groups is 1. The van der Waals surface area contributed by atoms with E-state index in [4.69, 9.17) is 0 Å². The van der Waals surface area contributed by atoms with Gasteiger partial charge in [-0.25, -0.2) is 0 Å². The van der Waals surface area contributed by atoms with E-state index in [0.717, 1.165) is 45.2 Å². The van der Waals surface area contributed by atoms with E-state index in [0.29, 0.717) is 12.0 Å². The third-order valence-corrected chi connectivity index (χ3v) is 6.19. The summed E-state index contributed by atoms with van der Waals surface area (Å²) >= 11 is 1.80. The summed E-state index contributed by atoms with van der Waals surface area (Å²) in [6, 6.07) is 7.16. The molecule has 1 unspecified atom stereocenters. The van der Waals surface area contributed by atoms with Gasteiger partial charge in [-0.3, -0.25) is 9.89 Å². The Hall–Kier alpha value is -0.510. The van der Waals surface area contributed by atoms with E-state index in [-0.39, 0.29) is 24.0 Å². The van der Waals surface area contributed by atoms with Crippen LogP contribution in [0.25, 0.3) is 0 Å². The van der Waals surface area contributed by atoms with Crippen LogP contribution in [0.1, 0.15) is 25.0 Å². The highest BCUT2D eigenvalue weighted by Gasteiger charge is 2.25. The van der Waals surface area contributed by atoms with Gasteiger partial charge in [0.05, 0.1) is 0 Å². The Bertz CT molecular complexity index is 615. The molecule has 0 aliphatic carbocycles. The van der Waals surface area contributed by atoms with Crippen molar-refractivity contribution in [3.63, 3.8) is 0 Å². The van der Waals surface area contributed by atoms with Crippen LogP contribution < -0.4 is 10.6 Å². The predicted molar refractivity (Wildman–Crippen MR) is 134 cm³/mol. The van der Waals surface area contributed by atoms with Crippen LogP contribution in [-0.4, -0.2) is 74.9 Å². The average molecular weight is 520 g/mol. The molecule has 0 radical (unpaired) electrons. The van der Waals surface area contributed by atoms with Crippen LogP contribution in [0.2, 0.25) is 0 Å². The molecule has 2 N–H and O–H groups in total. The van der Waals surface area contributed by atoms with E-state index >= 15 is 0 Å². The van der Waals surface area contributed by atoms with Gasteiger partial charge in [0.2, 0.25) is 0 Å². The summed E-state index contributed by atoms with van der Waals surface area (Å²) in [7, 11) is 4.06. The molecule has 1 aliphatic rings. The molecule has 2 rings (SSSR count). The zero-order valence-electron chi connectivity index (χ0n) is 18.3. The van der Waals surface area contributed by atoms with Crippen LogP contribution >= 0.6 is 35.7 Å². The SMILES string of the molecule is CN=C(NCc1ccc(C)cc1SC)NCC(C(C)C)N1CCN(C)CC1.I. The molecular weight excluding hydrogens is 481 g/mol. The summed E-state index contributed by atoms with van der Waals surface area (Å²) in [6.07, 6.45) is 2.13. The molecule has 1 atom stereocenters. The minimum Gasteiger partial charge on any atom is -0.355 e. The van der Waals surface area contributed by atoms with Crippen LogP contribution in [0.3, 0.4) is 0 Å². The number of hydrogen-bond acceptors (Lipinski definition) is 4. The summed E-state index contributed by atoms with van der Waals surface area (Å²) in [5.41, 5.74) is 2.62. The third-order valence-electron chi connectivity index (χ3n) is 5.37.